The number of aliphatic hydroxyl groups is 1. The van der Waals surface area contributed by atoms with E-state index in [2.05, 4.69) is 4.98 Å². The van der Waals surface area contributed by atoms with Gasteiger partial charge in [0.25, 0.3) is 5.78 Å². The van der Waals surface area contributed by atoms with Gasteiger partial charge in [-0.3, -0.25) is 4.79 Å². The number of allylic oxidation sites excluding steroid dienone is 2. The number of halogens is 12. The van der Waals surface area contributed by atoms with Crippen LogP contribution in [0.4, 0.5) is 52.7 Å². The predicted octanol–water partition coefficient (Wildman–Crippen LogP) is 6.71. The van der Waals surface area contributed by atoms with Crippen molar-refractivity contribution in [2.75, 3.05) is 7.11 Å². The standard InChI is InChI=1S/C14H8F6NO.C5H2F6O2.Pt/c1-22-11-2-3-21-12(7-11)8-4-9(13(15,16)17)6-10(5-8)14(18,19)20;6-4(7,8)2(12)1-3(13)5(9,10)11;/h2-4,6-7H,1H3;1,12H;/q-1;;/b;2-1-;. The number of rotatable bonds is 3. The van der Waals surface area contributed by atoms with E-state index in [1.807, 2.05) is 6.07 Å². The summed E-state index contributed by atoms with van der Waals surface area (Å²) in [4.78, 5) is 13.6. The van der Waals surface area contributed by atoms with Crippen LogP contribution in [0.15, 0.2) is 42.3 Å². The van der Waals surface area contributed by atoms with Crippen LogP contribution < -0.4 is 4.74 Å². The number of hydrogen-bond acceptors (Lipinski definition) is 4. The summed E-state index contributed by atoms with van der Waals surface area (Å²) in [5, 5.41) is 7.93. The number of aliphatic hydroxyl groups excluding tert-OH is 1. The fraction of sp³-hybridized carbons (Fsp3) is 0.263. The van der Waals surface area contributed by atoms with E-state index in [4.69, 9.17) is 9.84 Å². The number of ether oxygens (including phenoxy) is 1. The monoisotopic (exact) mass is 723 g/mol. The number of pyridine rings is 1. The van der Waals surface area contributed by atoms with Crippen molar-refractivity contribution in [2.45, 2.75) is 24.7 Å². The molecule has 0 saturated heterocycles. The minimum absolute atomic E-state index is 0. The van der Waals surface area contributed by atoms with Gasteiger partial charge in [-0.1, -0.05) is 0 Å². The molecule has 1 aromatic heterocycles. The molecule has 2 rings (SSSR count). The molecule has 0 amide bonds. The van der Waals surface area contributed by atoms with Crippen LogP contribution in [0.1, 0.15) is 11.1 Å². The zero-order valence-corrected chi connectivity index (χ0v) is 19.3. The zero-order chi connectivity index (χ0) is 27.4. The number of methoxy groups -OCH3 is 1. The van der Waals surface area contributed by atoms with Gasteiger partial charge in [0, 0.05) is 33.3 Å². The Kier molecular flexibility index (Phi) is 11.1. The molecule has 0 saturated carbocycles. The largest absolute Gasteiger partial charge is 0.504 e. The molecule has 0 atom stereocenters. The van der Waals surface area contributed by atoms with E-state index in [1.165, 1.54) is 25.4 Å². The first-order valence-electron chi connectivity index (χ1n) is 8.47. The summed E-state index contributed by atoms with van der Waals surface area (Å²) in [5.74, 6) is -5.08. The molecule has 2 aromatic rings. The second-order valence-electron chi connectivity index (χ2n) is 6.16. The van der Waals surface area contributed by atoms with Crippen LogP contribution in [0.5, 0.6) is 5.75 Å². The smallest absolute Gasteiger partial charge is 0.454 e. The molecule has 0 aliphatic carbocycles. The summed E-state index contributed by atoms with van der Waals surface area (Å²) in [6, 6.07) is 5.15. The van der Waals surface area contributed by atoms with Gasteiger partial charge in [-0.25, -0.2) is 0 Å². The summed E-state index contributed by atoms with van der Waals surface area (Å²) >= 11 is 0. The first kappa shape index (κ1) is 33.2. The maximum Gasteiger partial charge on any atom is 0.454 e. The van der Waals surface area contributed by atoms with Crippen LogP contribution in [-0.2, 0) is 38.2 Å². The first-order chi connectivity index (χ1) is 15.7. The molecule has 0 fully saturated rings. The Balaban J connectivity index is 0.000000758. The number of nitrogens with zero attached hydrogens (tertiary/aromatic N) is 1. The van der Waals surface area contributed by atoms with Crippen LogP contribution in [-0.4, -0.2) is 35.3 Å². The minimum atomic E-state index is -5.42. The van der Waals surface area contributed by atoms with Crippen LogP contribution in [0, 0.1) is 6.07 Å². The zero-order valence-electron chi connectivity index (χ0n) is 17.0. The van der Waals surface area contributed by atoms with Crippen molar-refractivity contribution in [1.82, 2.24) is 4.98 Å². The number of aromatic nitrogens is 1. The van der Waals surface area contributed by atoms with E-state index in [0.717, 1.165) is 0 Å². The number of carbonyl (C=O) groups is 1. The third-order valence-corrected chi connectivity index (χ3v) is 3.58. The van der Waals surface area contributed by atoms with Crippen LogP contribution in [0.2, 0.25) is 0 Å². The molecule has 0 aliphatic rings. The van der Waals surface area contributed by atoms with Crippen LogP contribution in [0.25, 0.3) is 11.3 Å². The predicted molar refractivity (Wildman–Crippen MR) is 92.9 cm³/mol. The van der Waals surface area contributed by atoms with E-state index in [1.54, 1.807) is 0 Å². The number of alkyl halides is 12. The molecule has 1 heterocycles. The quantitative estimate of drug-likeness (QED) is 0.166. The molecule has 0 spiro atoms. The van der Waals surface area contributed by atoms with Gasteiger partial charge in [0.05, 0.1) is 7.11 Å². The summed E-state index contributed by atoms with van der Waals surface area (Å²) in [6.07, 6.45) is -20.3. The van der Waals surface area contributed by atoms with E-state index in [0.29, 0.717) is 6.07 Å². The van der Waals surface area contributed by atoms with E-state index in [-0.39, 0.29) is 38.6 Å². The van der Waals surface area contributed by atoms with Crippen molar-refractivity contribution < 1.29 is 88.4 Å². The Labute approximate surface area is 207 Å². The van der Waals surface area contributed by atoms with Crippen molar-refractivity contribution in [1.29, 1.82) is 0 Å². The van der Waals surface area contributed by atoms with Gasteiger partial charge in [-0.15, -0.1) is 23.8 Å². The Morgan fingerprint density at radius 3 is 1.89 bits per heavy atom. The van der Waals surface area contributed by atoms with Gasteiger partial charge in [0.1, 0.15) is 5.75 Å². The third-order valence-electron chi connectivity index (χ3n) is 3.58. The van der Waals surface area contributed by atoms with E-state index in [9.17, 15) is 57.5 Å². The normalized spacial score (nSPS) is 12.8. The molecule has 1 N–H and O–H groups in total. The maximum atomic E-state index is 12.8. The summed E-state index contributed by atoms with van der Waals surface area (Å²) in [7, 11) is 1.32. The molecule has 1 aromatic carbocycles. The van der Waals surface area contributed by atoms with Crippen molar-refractivity contribution in [3.63, 3.8) is 0 Å². The van der Waals surface area contributed by atoms with Crippen molar-refractivity contribution in [3.8, 4) is 17.0 Å². The number of carbonyl (C=O) groups excluding carboxylic acids is 1. The molecule has 0 unspecified atom stereocenters. The molecule has 0 radical (unpaired) electrons. The average molecular weight is 723 g/mol. The first-order valence-corrected chi connectivity index (χ1v) is 8.47. The third kappa shape index (κ3) is 10.1. The molecule has 204 valence electrons. The topological polar surface area (TPSA) is 59.4 Å². The van der Waals surface area contributed by atoms with Crippen LogP contribution >= 0.6 is 0 Å². The maximum absolute atomic E-state index is 12.8. The van der Waals surface area contributed by atoms with Crippen molar-refractivity contribution in [3.05, 3.63) is 59.5 Å². The molecular formula is C19H10F12NO3Pt-. The Hall–Kier alpha value is -2.77. The van der Waals surface area contributed by atoms with Crippen LogP contribution in [0.3, 0.4) is 0 Å². The van der Waals surface area contributed by atoms with Gasteiger partial charge in [-0.05, 0) is 29.0 Å². The SMILES string of the molecule is COc1ccnc(-c2[c-]c(C(F)(F)F)cc(C(F)(F)F)c2)c1.O=C(/C=C(\O)C(F)(F)F)C(F)(F)F.[Pt]. The molecule has 36 heavy (non-hydrogen) atoms. The number of ketones is 1. The minimum Gasteiger partial charge on any atom is -0.504 e. The molecular weight excluding hydrogens is 713 g/mol. The summed E-state index contributed by atoms with van der Waals surface area (Å²) in [6.45, 7) is 0. The summed E-state index contributed by atoms with van der Waals surface area (Å²) in [5.41, 5.74) is -3.45. The molecule has 17 heteroatoms. The van der Waals surface area contributed by atoms with E-state index >= 15 is 0 Å². The van der Waals surface area contributed by atoms with Gasteiger partial charge < -0.3 is 14.8 Å². The number of hydrogen-bond donors (Lipinski definition) is 1. The molecule has 0 bridgehead atoms. The second-order valence-corrected chi connectivity index (χ2v) is 6.16. The van der Waals surface area contributed by atoms with Gasteiger partial charge >= 0.3 is 24.7 Å². The number of benzene rings is 1. The van der Waals surface area contributed by atoms with Crippen molar-refractivity contribution in [2.24, 2.45) is 0 Å². The average Bonchev–Trinajstić information content (AvgIpc) is 2.71. The molecule has 0 aliphatic heterocycles. The fourth-order valence-electron chi connectivity index (χ4n) is 2.00. The Bertz CT molecular complexity index is 1040. The van der Waals surface area contributed by atoms with Gasteiger partial charge in [-0.2, -0.15) is 52.7 Å². The Morgan fingerprint density at radius 2 is 1.47 bits per heavy atom. The second kappa shape index (κ2) is 12.0. The fourth-order valence-corrected chi connectivity index (χ4v) is 2.00. The molecule has 4 nitrogen and oxygen atoms in total. The van der Waals surface area contributed by atoms with Crippen molar-refractivity contribution >= 4 is 5.78 Å². The van der Waals surface area contributed by atoms with Gasteiger partial charge in [0.2, 0.25) is 5.76 Å². The summed E-state index contributed by atoms with van der Waals surface area (Å²) < 4.78 is 150. The van der Waals surface area contributed by atoms with Gasteiger partial charge in [0.15, 0.2) is 0 Å². The Morgan fingerprint density at radius 1 is 0.917 bits per heavy atom. The van der Waals surface area contributed by atoms with E-state index < -0.39 is 59.0 Å².